The largest absolute Gasteiger partial charge is 0.300 e. The van der Waals surface area contributed by atoms with Gasteiger partial charge in [0.05, 0.1) is 0 Å². The summed E-state index contributed by atoms with van der Waals surface area (Å²) >= 11 is 0. The Morgan fingerprint density at radius 2 is 0.821 bits per heavy atom. The summed E-state index contributed by atoms with van der Waals surface area (Å²) < 4.78 is 0. The van der Waals surface area contributed by atoms with Gasteiger partial charge < -0.3 is 0 Å². The first-order chi connectivity index (χ1) is 13.6. The fourth-order valence-electron chi connectivity index (χ4n) is 6.83. The van der Waals surface area contributed by atoms with Gasteiger partial charge in [-0.05, 0) is 62.2 Å². The summed E-state index contributed by atoms with van der Waals surface area (Å²) in [5.41, 5.74) is 0. The molecule has 0 spiro atoms. The Balaban J connectivity index is 1.23. The quantitative estimate of drug-likeness (QED) is 0.388. The monoisotopic (exact) mass is 388 g/mol. The summed E-state index contributed by atoms with van der Waals surface area (Å²) in [6, 6.07) is 0. The number of rotatable bonds is 9. The van der Waals surface area contributed by atoms with Gasteiger partial charge in [-0.25, -0.2) is 0 Å². The Bertz CT molecular complexity index is 431. The molecule has 0 N–H and O–H groups in total. The third-order valence-corrected chi connectivity index (χ3v) is 9.02. The molecule has 1 heteroatoms. The fraction of sp³-hybridized carbons (Fsp3) is 0.963. The molecule has 1 nitrogen and oxygen atoms in total. The third-order valence-electron chi connectivity index (χ3n) is 9.02. The van der Waals surface area contributed by atoms with Crippen molar-refractivity contribution in [2.24, 2.45) is 35.5 Å². The molecule has 0 heterocycles. The number of Topliss-reactive ketones (excluding diaryl/α,β-unsaturated/α-hetero) is 1. The van der Waals surface area contributed by atoms with Crippen LogP contribution < -0.4 is 0 Å². The van der Waals surface area contributed by atoms with Crippen LogP contribution in [0.15, 0.2) is 0 Å². The molecule has 0 aromatic rings. The molecule has 3 saturated carbocycles. The smallest absolute Gasteiger partial charge is 0.132 e. The van der Waals surface area contributed by atoms with Crippen LogP contribution in [0.3, 0.4) is 0 Å². The van der Waals surface area contributed by atoms with E-state index in [-0.39, 0.29) is 0 Å². The second-order valence-electron chi connectivity index (χ2n) is 11.0. The molecule has 0 bridgehead atoms. The molecule has 0 aliphatic heterocycles. The van der Waals surface area contributed by atoms with Gasteiger partial charge in [0.2, 0.25) is 0 Å². The predicted octanol–water partition coefficient (Wildman–Crippen LogP) is 8.36. The van der Waals surface area contributed by atoms with E-state index in [0.29, 0.717) is 11.7 Å². The lowest BCUT2D eigenvalue weighted by molar-refractivity contribution is -0.121. The van der Waals surface area contributed by atoms with Crippen molar-refractivity contribution in [3.8, 4) is 0 Å². The van der Waals surface area contributed by atoms with Crippen LogP contribution in [-0.2, 0) is 4.79 Å². The summed E-state index contributed by atoms with van der Waals surface area (Å²) in [5, 5.41) is 0. The number of carbonyl (C=O) groups excluding carboxylic acids is 1. The van der Waals surface area contributed by atoms with Gasteiger partial charge in [0.15, 0.2) is 0 Å². The Morgan fingerprint density at radius 3 is 1.11 bits per heavy atom. The van der Waals surface area contributed by atoms with E-state index in [2.05, 4.69) is 6.92 Å². The minimum Gasteiger partial charge on any atom is -0.300 e. The first-order valence-electron chi connectivity index (χ1n) is 13.1. The highest BCUT2D eigenvalue weighted by molar-refractivity contribution is 5.78. The Labute approximate surface area is 175 Å². The third kappa shape index (κ3) is 7.17. The highest BCUT2D eigenvalue weighted by Gasteiger charge is 2.27. The topological polar surface area (TPSA) is 17.1 Å². The van der Waals surface area contributed by atoms with Crippen molar-refractivity contribution in [1.29, 1.82) is 0 Å². The van der Waals surface area contributed by atoms with Gasteiger partial charge in [-0.1, -0.05) is 96.8 Å². The SMILES string of the molecule is CCC[C@H]1CC[C@H](CC[C@H]2CC[C@H](CC[C@H]3CC[C@H](C(C)=O)CC3)CC2)CC1. The van der Waals surface area contributed by atoms with Crippen molar-refractivity contribution < 1.29 is 4.79 Å². The zero-order valence-electron chi connectivity index (χ0n) is 19.1. The Morgan fingerprint density at radius 1 is 0.536 bits per heavy atom. The molecule has 162 valence electrons. The molecule has 3 rings (SSSR count). The van der Waals surface area contributed by atoms with E-state index >= 15 is 0 Å². The van der Waals surface area contributed by atoms with Gasteiger partial charge in [0, 0.05) is 5.92 Å². The van der Waals surface area contributed by atoms with Crippen LogP contribution in [0.4, 0.5) is 0 Å². The fourth-order valence-corrected chi connectivity index (χ4v) is 6.83. The highest BCUT2D eigenvalue weighted by Crippen LogP contribution is 2.40. The molecule has 0 radical (unpaired) electrons. The van der Waals surface area contributed by atoms with Crippen LogP contribution in [0.2, 0.25) is 0 Å². The van der Waals surface area contributed by atoms with Crippen LogP contribution in [-0.4, -0.2) is 5.78 Å². The van der Waals surface area contributed by atoms with Gasteiger partial charge in [-0.15, -0.1) is 0 Å². The molecule has 0 atom stereocenters. The first kappa shape index (κ1) is 22.4. The molecule has 0 saturated heterocycles. The molecule has 3 fully saturated rings. The molecular formula is C27H48O. The van der Waals surface area contributed by atoms with Crippen LogP contribution in [0, 0.1) is 35.5 Å². The average molecular weight is 389 g/mol. The minimum absolute atomic E-state index is 0.397. The van der Waals surface area contributed by atoms with Gasteiger partial charge in [0.25, 0.3) is 0 Å². The van der Waals surface area contributed by atoms with Crippen molar-refractivity contribution in [1.82, 2.24) is 0 Å². The molecule has 3 aliphatic rings. The molecular weight excluding hydrogens is 340 g/mol. The van der Waals surface area contributed by atoms with Crippen LogP contribution in [0.25, 0.3) is 0 Å². The van der Waals surface area contributed by atoms with E-state index < -0.39 is 0 Å². The number of carbonyl (C=O) groups is 1. The second-order valence-corrected chi connectivity index (χ2v) is 11.0. The van der Waals surface area contributed by atoms with E-state index in [1.807, 2.05) is 0 Å². The lowest BCUT2D eigenvalue weighted by Gasteiger charge is -2.33. The van der Waals surface area contributed by atoms with Gasteiger partial charge in [0.1, 0.15) is 5.78 Å². The summed E-state index contributed by atoms with van der Waals surface area (Å²) in [4.78, 5) is 11.5. The normalized spacial score (nSPS) is 36.9. The maximum absolute atomic E-state index is 11.5. The predicted molar refractivity (Wildman–Crippen MR) is 120 cm³/mol. The van der Waals surface area contributed by atoms with Crippen molar-refractivity contribution in [2.75, 3.05) is 0 Å². The van der Waals surface area contributed by atoms with Gasteiger partial charge in [-0.3, -0.25) is 4.79 Å². The maximum atomic E-state index is 11.5. The number of hydrogen-bond acceptors (Lipinski definition) is 1. The molecule has 0 aromatic carbocycles. The van der Waals surface area contributed by atoms with E-state index in [4.69, 9.17) is 0 Å². The van der Waals surface area contributed by atoms with Crippen molar-refractivity contribution >= 4 is 5.78 Å². The number of ketones is 1. The van der Waals surface area contributed by atoms with Crippen molar-refractivity contribution in [3.63, 3.8) is 0 Å². The molecule has 0 unspecified atom stereocenters. The summed E-state index contributed by atoms with van der Waals surface area (Å²) in [6.45, 7) is 4.14. The Hall–Kier alpha value is -0.330. The highest BCUT2D eigenvalue weighted by atomic mass is 16.1. The lowest BCUT2D eigenvalue weighted by Crippen LogP contribution is -2.21. The van der Waals surface area contributed by atoms with Crippen LogP contribution in [0.5, 0.6) is 0 Å². The van der Waals surface area contributed by atoms with Crippen molar-refractivity contribution in [2.45, 2.75) is 129 Å². The zero-order valence-corrected chi connectivity index (χ0v) is 19.1. The number of hydrogen-bond donors (Lipinski definition) is 0. The summed E-state index contributed by atoms with van der Waals surface area (Å²) in [6.07, 6.45) is 26.0. The first-order valence-corrected chi connectivity index (χ1v) is 13.1. The molecule has 28 heavy (non-hydrogen) atoms. The van der Waals surface area contributed by atoms with E-state index in [1.165, 1.54) is 116 Å². The van der Waals surface area contributed by atoms with Gasteiger partial charge >= 0.3 is 0 Å². The van der Waals surface area contributed by atoms with E-state index in [0.717, 1.165) is 29.6 Å². The molecule has 0 amide bonds. The van der Waals surface area contributed by atoms with Crippen LogP contribution >= 0.6 is 0 Å². The Kier molecular flexibility index (Phi) is 9.38. The lowest BCUT2D eigenvalue weighted by atomic mass is 9.73. The zero-order chi connectivity index (χ0) is 19.8. The van der Waals surface area contributed by atoms with Crippen molar-refractivity contribution in [3.05, 3.63) is 0 Å². The molecule has 3 aliphatic carbocycles. The average Bonchev–Trinajstić information content (AvgIpc) is 2.73. The second kappa shape index (κ2) is 11.8. The van der Waals surface area contributed by atoms with Gasteiger partial charge in [-0.2, -0.15) is 0 Å². The van der Waals surface area contributed by atoms with E-state index in [9.17, 15) is 4.79 Å². The maximum Gasteiger partial charge on any atom is 0.132 e. The summed E-state index contributed by atoms with van der Waals surface area (Å²) in [7, 11) is 0. The van der Waals surface area contributed by atoms with Crippen LogP contribution in [0.1, 0.15) is 129 Å². The standard InChI is InChI=1S/C27H48O/c1-3-4-22-5-7-23(8-6-22)9-10-24-11-13-25(14-12-24)15-16-26-17-19-27(20-18-26)21(2)28/h22-27H,3-20H2,1-2H3/t22-,23-,24-,25-,26-,27-. The summed E-state index contributed by atoms with van der Waals surface area (Å²) in [5.74, 6) is 5.96. The minimum atomic E-state index is 0.397. The van der Waals surface area contributed by atoms with E-state index in [1.54, 1.807) is 6.92 Å². The molecule has 0 aromatic heterocycles.